The molecule has 0 aromatic heterocycles. The summed E-state index contributed by atoms with van der Waals surface area (Å²) < 4.78 is 10.3. The van der Waals surface area contributed by atoms with E-state index in [9.17, 15) is 9.59 Å². The molecule has 0 unspecified atom stereocenters. The second-order valence-corrected chi connectivity index (χ2v) is 4.79. The number of hydrogen-bond acceptors (Lipinski definition) is 4. The normalized spacial score (nSPS) is 10.8. The van der Waals surface area contributed by atoms with Gasteiger partial charge in [0.2, 0.25) is 0 Å². The van der Waals surface area contributed by atoms with Crippen molar-refractivity contribution < 1.29 is 24.2 Å². The van der Waals surface area contributed by atoms with Gasteiger partial charge in [0, 0.05) is 0 Å². The van der Waals surface area contributed by atoms with Gasteiger partial charge in [-0.3, -0.25) is 4.79 Å². The summed E-state index contributed by atoms with van der Waals surface area (Å²) in [7, 11) is 2.92. The molecule has 0 spiro atoms. The first kappa shape index (κ1) is 17.1. The third kappa shape index (κ3) is 4.13. The van der Waals surface area contributed by atoms with Crippen molar-refractivity contribution in [2.24, 2.45) is 0 Å². The van der Waals surface area contributed by atoms with E-state index in [0.717, 1.165) is 0 Å². The number of nitrogens with one attached hydrogen (secondary N) is 1. The second-order valence-electron chi connectivity index (χ2n) is 4.79. The minimum Gasteiger partial charge on any atom is -0.497 e. The SMILES string of the molecule is COC(=Cc1cccc(OC)c1)C(=O)Nc1ccccc1C(=O)O. The number of rotatable bonds is 6. The highest BCUT2D eigenvalue weighted by atomic mass is 16.5. The Morgan fingerprint density at radius 3 is 2.50 bits per heavy atom. The number of benzene rings is 2. The third-order valence-corrected chi connectivity index (χ3v) is 3.24. The zero-order chi connectivity index (χ0) is 17.5. The van der Waals surface area contributed by atoms with Crippen LogP contribution in [0.4, 0.5) is 5.69 Å². The molecule has 0 atom stereocenters. The van der Waals surface area contributed by atoms with Gasteiger partial charge in [-0.1, -0.05) is 24.3 Å². The van der Waals surface area contributed by atoms with Gasteiger partial charge in [-0.05, 0) is 35.9 Å². The number of carbonyl (C=O) groups excluding carboxylic acids is 1. The number of amides is 1. The van der Waals surface area contributed by atoms with Crippen LogP contribution in [0.2, 0.25) is 0 Å². The molecule has 0 radical (unpaired) electrons. The third-order valence-electron chi connectivity index (χ3n) is 3.24. The number of hydrogen-bond donors (Lipinski definition) is 2. The van der Waals surface area contributed by atoms with E-state index in [1.807, 2.05) is 0 Å². The highest BCUT2D eigenvalue weighted by Gasteiger charge is 2.15. The second kappa shape index (κ2) is 7.82. The van der Waals surface area contributed by atoms with Crippen LogP contribution in [0.15, 0.2) is 54.3 Å². The Balaban J connectivity index is 2.26. The molecule has 6 nitrogen and oxygen atoms in total. The van der Waals surface area contributed by atoms with Gasteiger partial charge in [0.15, 0.2) is 5.76 Å². The van der Waals surface area contributed by atoms with Gasteiger partial charge in [-0.15, -0.1) is 0 Å². The van der Waals surface area contributed by atoms with E-state index in [4.69, 9.17) is 14.6 Å². The van der Waals surface area contributed by atoms with Crippen LogP contribution in [0.5, 0.6) is 5.75 Å². The number of aromatic carboxylic acids is 1. The van der Waals surface area contributed by atoms with Gasteiger partial charge >= 0.3 is 5.97 Å². The molecule has 0 saturated carbocycles. The minimum absolute atomic E-state index is 0.00248. The Morgan fingerprint density at radius 1 is 1.08 bits per heavy atom. The quantitative estimate of drug-likeness (QED) is 0.629. The Kier molecular flexibility index (Phi) is 5.57. The number of ether oxygens (including phenoxy) is 2. The molecule has 0 heterocycles. The predicted molar refractivity (Wildman–Crippen MR) is 90.0 cm³/mol. The van der Waals surface area contributed by atoms with Crippen LogP contribution in [-0.4, -0.2) is 31.2 Å². The van der Waals surface area contributed by atoms with Crippen LogP contribution < -0.4 is 10.1 Å². The van der Waals surface area contributed by atoms with Crippen LogP contribution >= 0.6 is 0 Å². The van der Waals surface area contributed by atoms with Gasteiger partial charge in [0.25, 0.3) is 5.91 Å². The minimum atomic E-state index is -1.12. The smallest absolute Gasteiger partial charge is 0.337 e. The number of methoxy groups -OCH3 is 2. The summed E-state index contributed by atoms with van der Waals surface area (Å²) in [5, 5.41) is 11.7. The van der Waals surface area contributed by atoms with Crippen LogP contribution in [0.3, 0.4) is 0 Å². The Labute approximate surface area is 139 Å². The first-order chi connectivity index (χ1) is 11.5. The first-order valence-electron chi connectivity index (χ1n) is 7.08. The van der Waals surface area contributed by atoms with Gasteiger partial charge in [0.05, 0.1) is 25.5 Å². The molecule has 1 amide bonds. The molecule has 0 saturated heterocycles. The number of carboxylic acid groups (broad SMARTS) is 1. The highest BCUT2D eigenvalue weighted by molar-refractivity contribution is 6.08. The fraction of sp³-hybridized carbons (Fsp3) is 0.111. The summed E-state index contributed by atoms with van der Waals surface area (Å²) in [5.74, 6) is -0.977. The molecule has 2 N–H and O–H groups in total. The molecule has 2 aromatic rings. The topological polar surface area (TPSA) is 84.9 Å². The molecule has 0 bridgehead atoms. The maximum Gasteiger partial charge on any atom is 0.337 e. The molecule has 6 heteroatoms. The maximum absolute atomic E-state index is 12.3. The van der Waals surface area contributed by atoms with E-state index in [-0.39, 0.29) is 17.0 Å². The Hall–Kier alpha value is -3.28. The van der Waals surface area contributed by atoms with E-state index in [1.54, 1.807) is 49.6 Å². The lowest BCUT2D eigenvalue weighted by Gasteiger charge is -2.10. The van der Waals surface area contributed by atoms with Crippen molar-refractivity contribution in [3.63, 3.8) is 0 Å². The van der Waals surface area contributed by atoms with Gasteiger partial charge < -0.3 is 19.9 Å². The summed E-state index contributed by atoms with van der Waals surface area (Å²) in [6, 6.07) is 13.3. The van der Waals surface area contributed by atoms with Crippen LogP contribution in [0, 0.1) is 0 Å². The van der Waals surface area contributed by atoms with Crippen LogP contribution in [0.25, 0.3) is 6.08 Å². The van der Waals surface area contributed by atoms with Crippen molar-refractivity contribution in [3.8, 4) is 5.75 Å². The standard InChI is InChI=1S/C18H17NO5/c1-23-13-7-5-6-12(10-13)11-16(24-2)17(20)19-15-9-4-3-8-14(15)18(21)22/h3-11H,1-2H3,(H,19,20)(H,21,22). The number of carboxylic acids is 1. The van der Waals surface area contributed by atoms with Gasteiger partial charge in [0.1, 0.15) is 5.75 Å². The zero-order valence-electron chi connectivity index (χ0n) is 13.3. The molecular weight excluding hydrogens is 310 g/mol. The monoisotopic (exact) mass is 327 g/mol. The zero-order valence-corrected chi connectivity index (χ0v) is 13.3. The average molecular weight is 327 g/mol. The summed E-state index contributed by atoms with van der Waals surface area (Å²) in [5.41, 5.74) is 0.916. The summed E-state index contributed by atoms with van der Waals surface area (Å²) in [6.45, 7) is 0. The summed E-state index contributed by atoms with van der Waals surface area (Å²) in [6.07, 6.45) is 1.54. The molecular formula is C18H17NO5. The molecule has 124 valence electrons. The number of para-hydroxylation sites is 1. The van der Waals surface area contributed by atoms with E-state index >= 15 is 0 Å². The van der Waals surface area contributed by atoms with E-state index in [0.29, 0.717) is 11.3 Å². The van der Waals surface area contributed by atoms with Crippen molar-refractivity contribution in [2.75, 3.05) is 19.5 Å². The lowest BCUT2D eigenvalue weighted by Crippen LogP contribution is -2.17. The molecule has 24 heavy (non-hydrogen) atoms. The molecule has 2 aromatic carbocycles. The fourth-order valence-corrected chi connectivity index (χ4v) is 2.06. The fourth-order valence-electron chi connectivity index (χ4n) is 2.06. The highest BCUT2D eigenvalue weighted by Crippen LogP contribution is 2.18. The molecule has 0 aliphatic rings. The molecule has 0 aliphatic carbocycles. The Morgan fingerprint density at radius 2 is 1.83 bits per heavy atom. The van der Waals surface area contributed by atoms with E-state index < -0.39 is 11.9 Å². The van der Waals surface area contributed by atoms with E-state index in [1.165, 1.54) is 19.2 Å². The van der Waals surface area contributed by atoms with Crippen molar-refractivity contribution in [1.29, 1.82) is 0 Å². The lowest BCUT2D eigenvalue weighted by molar-refractivity contribution is -0.115. The van der Waals surface area contributed by atoms with Gasteiger partial charge in [-0.25, -0.2) is 4.79 Å². The maximum atomic E-state index is 12.3. The first-order valence-corrected chi connectivity index (χ1v) is 7.08. The average Bonchev–Trinajstić information content (AvgIpc) is 2.60. The molecule has 0 aliphatic heterocycles. The molecule has 0 fully saturated rings. The lowest BCUT2D eigenvalue weighted by atomic mass is 10.1. The molecule has 2 rings (SSSR count). The van der Waals surface area contributed by atoms with Crippen LogP contribution in [0.1, 0.15) is 15.9 Å². The van der Waals surface area contributed by atoms with Crippen molar-refractivity contribution in [3.05, 3.63) is 65.4 Å². The van der Waals surface area contributed by atoms with Crippen molar-refractivity contribution >= 4 is 23.6 Å². The van der Waals surface area contributed by atoms with Crippen LogP contribution in [-0.2, 0) is 9.53 Å². The number of carbonyl (C=O) groups is 2. The Bertz CT molecular complexity index is 782. The largest absolute Gasteiger partial charge is 0.497 e. The number of anilines is 1. The van der Waals surface area contributed by atoms with Crippen molar-refractivity contribution in [2.45, 2.75) is 0 Å². The summed E-state index contributed by atoms with van der Waals surface area (Å²) >= 11 is 0. The van der Waals surface area contributed by atoms with Crippen molar-refractivity contribution in [1.82, 2.24) is 0 Å². The predicted octanol–water partition coefficient (Wildman–Crippen LogP) is 3.02. The van der Waals surface area contributed by atoms with E-state index in [2.05, 4.69) is 5.32 Å². The van der Waals surface area contributed by atoms with Gasteiger partial charge in [-0.2, -0.15) is 0 Å². The summed E-state index contributed by atoms with van der Waals surface area (Å²) in [4.78, 5) is 23.5.